The summed E-state index contributed by atoms with van der Waals surface area (Å²) in [5.41, 5.74) is 0. The van der Waals surface area contributed by atoms with Crippen LogP contribution in [-0.4, -0.2) is 37.9 Å². The monoisotopic (exact) mass is 254 g/mol. The van der Waals surface area contributed by atoms with Gasteiger partial charge in [-0.15, -0.1) is 0 Å². The Morgan fingerprint density at radius 3 is 2.83 bits per heavy atom. The molecule has 106 valence electrons. The van der Waals surface area contributed by atoms with Gasteiger partial charge in [0.1, 0.15) is 0 Å². The van der Waals surface area contributed by atoms with Crippen LogP contribution in [0.5, 0.6) is 0 Å². The molecule has 4 atom stereocenters. The van der Waals surface area contributed by atoms with Crippen molar-refractivity contribution in [3.63, 3.8) is 0 Å². The van der Waals surface area contributed by atoms with Gasteiger partial charge in [0, 0.05) is 25.2 Å². The Hall–Kier alpha value is -0.120. The molecular weight excluding hydrogens is 224 g/mol. The maximum atomic E-state index is 5.60. The molecule has 0 spiro atoms. The molecule has 0 aromatic rings. The summed E-state index contributed by atoms with van der Waals surface area (Å²) in [6.07, 6.45) is 8.64. The van der Waals surface area contributed by atoms with Crippen LogP contribution in [0.25, 0.3) is 0 Å². The lowest BCUT2D eigenvalue weighted by Gasteiger charge is -2.33. The van der Waals surface area contributed by atoms with Gasteiger partial charge in [0.05, 0.1) is 6.10 Å². The first kappa shape index (κ1) is 14.3. The molecule has 1 saturated carbocycles. The highest BCUT2D eigenvalue weighted by Crippen LogP contribution is 2.31. The van der Waals surface area contributed by atoms with E-state index in [2.05, 4.69) is 24.5 Å². The molecule has 3 heteroatoms. The molecule has 0 aromatic carbocycles. The lowest BCUT2D eigenvalue weighted by atomic mass is 9.88. The van der Waals surface area contributed by atoms with Crippen molar-refractivity contribution >= 4 is 0 Å². The second-order valence-corrected chi connectivity index (χ2v) is 5.93. The first-order chi connectivity index (χ1) is 8.81. The zero-order chi connectivity index (χ0) is 12.8. The second kappa shape index (κ2) is 7.46. The summed E-state index contributed by atoms with van der Waals surface area (Å²) in [4.78, 5) is 0. The summed E-state index contributed by atoms with van der Waals surface area (Å²) < 4.78 is 5.60. The van der Waals surface area contributed by atoms with Crippen LogP contribution in [0.2, 0.25) is 0 Å². The van der Waals surface area contributed by atoms with Crippen molar-refractivity contribution < 1.29 is 4.74 Å². The molecule has 0 bridgehead atoms. The van der Waals surface area contributed by atoms with E-state index in [1.165, 1.54) is 45.1 Å². The zero-order valence-corrected chi connectivity index (χ0v) is 12.1. The average molecular weight is 254 g/mol. The van der Waals surface area contributed by atoms with E-state index >= 15 is 0 Å². The topological polar surface area (TPSA) is 33.3 Å². The van der Waals surface area contributed by atoms with Crippen molar-refractivity contribution in [2.75, 3.05) is 19.7 Å². The van der Waals surface area contributed by atoms with Gasteiger partial charge in [-0.05, 0) is 52.0 Å². The van der Waals surface area contributed by atoms with Crippen LogP contribution in [0.1, 0.15) is 52.4 Å². The van der Waals surface area contributed by atoms with Crippen molar-refractivity contribution in [2.24, 2.45) is 5.92 Å². The summed E-state index contributed by atoms with van der Waals surface area (Å²) in [7, 11) is 0. The molecule has 4 unspecified atom stereocenters. The Labute approximate surface area is 112 Å². The molecular formula is C15H30N2O. The average Bonchev–Trinajstić information content (AvgIpc) is 2.86. The highest BCUT2D eigenvalue weighted by molar-refractivity contribution is 4.92. The Morgan fingerprint density at radius 2 is 2.11 bits per heavy atom. The predicted molar refractivity (Wildman–Crippen MR) is 75.9 cm³/mol. The SMILES string of the molecule is CCOC(C)CNC1CCCC1C1CCCCN1. The van der Waals surface area contributed by atoms with E-state index in [0.717, 1.165) is 25.1 Å². The smallest absolute Gasteiger partial charge is 0.0671 e. The molecule has 2 aliphatic rings. The van der Waals surface area contributed by atoms with E-state index in [1.54, 1.807) is 0 Å². The molecule has 1 saturated heterocycles. The highest BCUT2D eigenvalue weighted by Gasteiger charge is 2.33. The van der Waals surface area contributed by atoms with Crippen LogP contribution in [0.3, 0.4) is 0 Å². The van der Waals surface area contributed by atoms with Gasteiger partial charge < -0.3 is 15.4 Å². The zero-order valence-electron chi connectivity index (χ0n) is 12.1. The fraction of sp³-hybridized carbons (Fsp3) is 1.00. The van der Waals surface area contributed by atoms with E-state index in [1.807, 2.05) is 0 Å². The third-order valence-electron chi connectivity index (χ3n) is 4.55. The maximum absolute atomic E-state index is 5.60. The Kier molecular flexibility index (Phi) is 5.93. The van der Waals surface area contributed by atoms with Crippen LogP contribution in [-0.2, 0) is 4.74 Å². The molecule has 2 fully saturated rings. The van der Waals surface area contributed by atoms with Gasteiger partial charge in [0.25, 0.3) is 0 Å². The van der Waals surface area contributed by atoms with E-state index in [-0.39, 0.29) is 0 Å². The van der Waals surface area contributed by atoms with Crippen molar-refractivity contribution in [1.82, 2.24) is 10.6 Å². The summed E-state index contributed by atoms with van der Waals surface area (Å²) >= 11 is 0. The van der Waals surface area contributed by atoms with E-state index in [9.17, 15) is 0 Å². The second-order valence-electron chi connectivity index (χ2n) is 5.93. The largest absolute Gasteiger partial charge is 0.377 e. The quantitative estimate of drug-likeness (QED) is 0.763. The van der Waals surface area contributed by atoms with Crippen LogP contribution >= 0.6 is 0 Å². The van der Waals surface area contributed by atoms with Gasteiger partial charge in [-0.25, -0.2) is 0 Å². The first-order valence-corrected chi connectivity index (χ1v) is 7.89. The number of hydrogen-bond donors (Lipinski definition) is 2. The number of piperidine rings is 1. The van der Waals surface area contributed by atoms with Gasteiger partial charge >= 0.3 is 0 Å². The van der Waals surface area contributed by atoms with Crippen LogP contribution in [0, 0.1) is 5.92 Å². The third-order valence-corrected chi connectivity index (χ3v) is 4.55. The summed E-state index contributed by atoms with van der Waals surface area (Å²) in [6, 6.07) is 1.48. The van der Waals surface area contributed by atoms with Crippen LogP contribution in [0.4, 0.5) is 0 Å². The molecule has 0 aromatic heterocycles. The Balaban J connectivity index is 1.76. The molecule has 0 radical (unpaired) electrons. The van der Waals surface area contributed by atoms with E-state index < -0.39 is 0 Å². The van der Waals surface area contributed by atoms with E-state index in [4.69, 9.17) is 4.74 Å². The maximum Gasteiger partial charge on any atom is 0.0671 e. The fourth-order valence-corrected chi connectivity index (χ4v) is 3.63. The number of nitrogens with one attached hydrogen (secondary N) is 2. The van der Waals surface area contributed by atoms with Gasteiger partial charge in [-0.2, -0.15) is 0 Å². The minimum atomic E-state index is 0.343. The molecule has 1 aliphatic carbocycles. The minimum absolute atomic E-state index is 0.343. The summed E-state index contributed by atoms with van der Waals surface area (Å²) in [5, 5.41) is 7.48. The summed E-state index contributed by atoms with van der Waals surface area (Å²) in [6.45, 7) is 7.28. The molecule has 2 rings (SSSR count). The highest BCUT2D eigenvalue weighted by atomic mass is 16.5. The van der Waals surface area contributed by atoms with E-state index in [0.29, 0.717) is 12.1 Å². The lowest BCUT2D eigenvalue weighted by Crippen LogP contribution is -2.48. The normalized spacial score (nSPS) is 34.7. The van der Waals surface area contributed by atoms with Crippen molar-refractivity contribution in [3.05, 3.63) is 0 Å². The van der Waals surface area contributed by atoms with Gasteiger partial charge in [-0.1, -0.05) is 12.8 Å². The standard InChI is InChI=1S/C15H30N2O/c1-3-18-12(2)11-17-15-9-6-7-13(15)14-8-4-5-10-16-14/h12-17H,3-11H2,1-2H3. The van der Waals surface area contributed by atoms with Crippen LogP contribution in [0.15, 0.2) is 0 Å². The summed E-state index contributed by atoms with van der Waals surface area (Å²) in [5.74, 6) is 0.846. The third kappa shape index (κ3) is 3.94. The number of ether oxygens (including phenoxy) is 1. The number of hydrogen-bond acceptors (Lipinski definition) is 3. The van der Waals surface area contributed by atoms with Crippen molar-refractivity contribution in [2.45, 2.75) is 70.6 Å². The predicted octanol–water partition coefficient (Wildman–Crippen LogP) is 2.31. The molecule has 1 heterocycles. The van der Waals surface area contributed by atoms with Crippen molar-refractivity contribution in [3.8, 4) is 0 Å². The molecule has 2 N–H and O–H groups in total. The number of rotatable bonds is 6. The fourth-order valence-electron chi connectivity index (χ4n) is 3.63. The van der Waals surface area contributed by atoms with Gasteiger partial charge in [0.15, 0.2) is 0 Å². The van der Waals surface area contributed by atoms with Gasteiger partial charge in [-0.3, -0.25) is 0 Å². The molecule has 0 amide bonds. The molecule has 18 heavy (non-hydrogen) atoms. The first-order valence-electron chi connectivity index (χ1n) is 7.89. The lowest BCUT2D eigenvalue weighted by molar-refractivity contribution is 0.0717. The molecule has 3 nitrogen and oxygen atoms in total. The molecule has 1 aliphatic heterocycles. The minimum Gasteiger partial charge on any atom is -0.377 e. The Morgan fingerprint density at radius 1 is 1.22 bits per heavy atom. The van der Waals surface area contributed by atoms with Gasteiger partial charge in [0.2, 0.25) is 0 Å². The van der Waals surface area contributed by atoms with Crippen LogP contribution < -0.4 is 10.6 Å². The van der Waals surface area contributed by atoms with Crippen molar-refractivity contribution in [1.29, 1.82) is 0 Å². The Bertz CT molecular complexity index is 229.